The Bertz CT molecular complexity index is 145. The van der Waals surface area contributed by atoms with Crippen molar-refractivity contribution in [3.63, 3.8) is 0 Å². The van der Waals surface area contributed by atoms with Gasteiger partial charge in [-0.1, -0.05) is 25.2 Å². The van der Waals surface area contributed by atoms with Crippen LogP contribution in [0.3, 0.4) is 0 Å². The molecule has 0 aliphatic heterocycles. The van der Waals surface area contributed by atoms with Gasteiger partial charge in [-0.15, -0.1) is 0 Å². The van der Waals surface area contributed by atoms with Crippen molar-refractivity contribution in [1.82, 2.24) is 0 Å². The van der Waals surface area contributed by atoms with Crippen molar-refractivity contribution in [3.05, 3.63) is 24.3 Å². The summed E-state index contributed by atoms with van der Waals surface area (Å²) in [5.41, 5.74) is 0. The minimum absolute atomic E-state index is 0.830. The predicted molar refractivity (Wildman–Crippen MR) is 53.1 cm³/mol. The van der Waals surface area contributed by atoms with E-state index in [1.807, 2.05) is 6.08 Å². The molecule has 0 N–H and O–H groups in total. The third-order valence-electron chi connectivity index (χ3n) is 1.61. The first-order valence-corrected chi connectivity index (χ1v) is 4.67. The molecule has 0 radical (unpaired) electrons. The van der Waals surface area contributed by atoms with Gasteiger partial charge in [0.1, 0.15) is 6.29 Å². The van der Waals surface area contributed by atoms with Crippen LogP contribution in [0.4, 0.5) is 0 Å². The van der Waals surface area contributed by atoms with Crippen molar-refractivity contribution in [1.29, 1.82) is 0 Å². The van der Waals surface area contributed by atoms with Crippen molar-refractivity contribution in [2.45, 2.75) is 39.0 Å². The summed E-state index contributed by atoms with van der Waals surface area (Å²) in [6.07, 6.45) is 14.5. The molecule has 0 spiro atoms. The van der Waals surface area contributed by atoms with Gasteiger partial charge in [-0.2, -0.15) is 0 Å². The zero-order valence-electron chi connectivity index (χ0n) is 7.83. The molecule has 1 heteroatoms. The maximum Gasteiger partial charge on any atom is 0.142 e. The lowest BCUT2D eigenvalue weighted by atomic mass is 10.2. The summed E-state index contributed by atoms with van der Waals surface area (Å²) in [7, 11) is 0. The van der Waals surface area contributed by atoms with Crippen LogP contribution in [-0.4, -0.2) is 6.29 Å². The molecule has 0 saturated heterocycles. The highest BCUT2D eigenvalue weighted by Gasteiger charge is 1.82. The molecule has 0 aliphatic rings. The Morgan fingerprint density at radius 2 is 1.67 bits per heavy atom. The second kappa shape index (κ2) is 10.2. The van der Waals surface area contributed by atoms with Gasteiger partial charge in [0.05, 0.1) is 0 Å². The minimum atomic E-state index is 0.830. The number of allylic oxidation sites excluding steroid dienone is 4. The Kier molecular flexibility index (Phi) is 9.43. The summed E-state index contributed by atoms with van der Waals surface area (Å²) in [6.45, 7) is 2.14. The lowest BCUT2D eigenvalue weighted by Gasteiger charge is -1.91. The van der Waals surface area contributed by atoms with Gasteiger partial charge < -0.3 is 0 Å². The molecule has 0 bridgehead atoms. The molecule has 0 aromatic rings. The highest BCUT2D eigenvalue weighted by Crippen LogP contribution is 2.01. The third-order valence-corrected chi connectivity index (χ3v) is 1.61. The summed E-state index contributed by atoms with van der Waals surface area (Å²) < 4.78 is 0. The fourth-order valence-corrected chi connectivity index (χ4v) is 0.961. The van der Waals surface area contributed by atoms with E-state index in [-0.39, 0.29) is 0 Å². The van der Waals surface area contributed by atoms with Crippen LogP contribution >= 0.6 is 0 Å². The average Bonchev–Trinajstić information content (AvgIpc) is 2.10. The number of hydrogen-bond donors (Lipinski definition) is 0. The van der Waals surface area contributed by atoms with Gasteiger partial charge in [-0.05, 0) is 38.2 Å². The zero-order valence-corrected chi connectivity index (χ0v) is 7.83. The summed E-state index contributed by atoms with van der Waals surface area (Å²) in [4.78, 5) is 9.88. The van der Waals surface area contributed by atoms with Crippen LogP contribution < -0.4 is 0 Å². The Morgan fingerprint density at radius 3 is 2.25 bits per heavy atom. The summed E-state index contributed by atoms with van der Waals surface area (Å²) in [6, 6.07) is 0. The molecule has 0 saturated carbocycles. The van der Waals surface area contributed by atoms with Crippen LogP contribution in [0, 0.1) is 0 Å². The molecule has 0 aliphatic carbocycles. The summed E-state index contributed by atoms with van der Waals surface area (Å²) in [5.74, 6) is 0. The van der Waals surface area contributed by atoms with Crippen molar-refractivity contribution >= 4 is 6.29 Å². The van der Waals surface area contributed by atoms with Gasteiger partial charge >= 0.3 is 0 Å². The van der Waals surface area contributed by atoms with E-state index in [2.05, 4.69) is 19.1 Å². The Morgan fingerprint density at radius 1 is 1.00 bits per heavy atom. The van der Waals surface area contributed by atoms with E-state index in [0.29, 0.717) is 0 Å². The maximum atomic E-state index is 9.88. The molecule has 0 heterocycles. The lowest BCUT2D eigenvalue weighted by Crippen LogP contribution is -1.72. The smallest absolute Gasteiger partial charge is 0.142 e. The second-order valence-electron chi connectivity index (χ2n) is 2.73. The van der Waals surface area contributed by atoms with E-state index < -0.39 is 0 Å². The van der Waals surface area contributed by atoms with E-state index in [9.17, 15) is 4.79 Å². The fourth-order valence-electron chi connectivity index (χ4n) is 0.961. The van der Waals surface area contributed by atoms with Crippen LogP contribution in [0.1, 0.15) is 39.0 Å². The third kappa shape index (κ3) is 9.15. The molecule has 0 fully saturated rings. The van der Waals surface area contributed by atoms with E-state index in [0.717, 1.165) is 19.1 Å². The number of rotatable bonds is 7. The highest BCUT2D eigenvalue weighted by atomic mass is 16.1. The number of unbranched alkanes of at least 4 members (excludes halogenated alkanes) is 3. The highest BCUT2D eigenvalue weighted by molar-refractivity contribution is 5.64. The monoisotopic (exact) mass is 166 g/mol. The molecular weight excluding hydrogens is 148 g/mol. The van der Waals surface area contributed by atoms with E-state index in [4.69, 9.17) is 0 Å². The van der Waals surface area contributed by atoms with Gasteiger partial charge in [0.15, 0.2) is 0 Å². The van der Waals surface area contributed by atoms with E-state index in [1.54, 1.807) is 6.08 Å². The van der Waals surface area contributed by atoms with Gasteiger partial charge in [0, 0.05) is 0 Å². The SMILES string of the molecule is CC/C=C\CCCC/C=C/C=O. The molecule has 0 atom stereocenters. The van der Waals surface area contributed by atoms with Crippen LogP contribution in [0.5, 0.6) is 0 Å². The molecule has 0 amide bonds. The molecule has 0 aromatic heterocycles. The number of carbonyl (C=O) groups excluding carboxylic acids is 1. The van der Waals surface area contributed by atoms with Gasteiger partial charge in [-0.3, -0.25) is 4.79 Å². The van der Waals surface area contributed by atoms with E-state index in [1.165, 1.54) is 19.3 Å². The summed E-state index contributed by atoms with van der Waals surface area (Å²) >= 11 is 0. The molecule has 1 nitrogen and oxygen atoms in total. The van der Waals surface area contributed by atoms with Crippen molar-refractivity contribution in [2.24, 2.45) is 0 Å². The van der Waals surface area contributed by atoms with Crippen LogP contribution in [0.2, 0.25) is 0 Å². The average molecular weight is 166 g/mol. The number of aldehydes is 1. The normalized spacial score (nSPS) is 11.4. The molecule has 0 unspecified atom stereocenters. The Balaban J connectivity index is 3.05. The topological polar surface area (TPSA) is 17.1 Å². The number of carbonyl (C=O) groups is 1. The van der Waals surface area contributed by atoms with Crippen molar-refractivity contribution in [3.8, 4) is 0 Å². The van der Waals surface area contributed by atoms with Gasteiger partial charge in [-0.25, -0.2) is 0 Å². The second-order valence-corrected chi connectivity index (χ2v) is 2.73. The van der Waals surface area contributed by atoms with E-state index >= 15 is 0 Å². The summed E-state index contributed by atoms with van der Waals surface area (Å²) in [5, 5.41) is 0. The van der Waals surface area contributed by atoms with Gasteiger partial charge in [0.2, 0.25) is 0 Å². The Hall–Kier alpha value is -0.850. The first-order valence-electron chi connectivity index (χ1n) is 4.67. The molecule has 68 valence electrons. The van der Waals surface area contributed by atoms with Crippen molar-refractivity contribution < 1.29 is 4.79 Å². The van der Waals surface area contributed by atoms with Crippen LogP contribution in [0.25, 0.3) is 0 Å². The van der Waals surface area contributed by atoms with Crippen LogP contribution in [0.15, 0.2) is 24.3 Å². The maximum absolute atomic E-state index is 9.88. The van der Waals surface area contributed by atoms with Crippen molar-refractivity contribution in [2.75, 3.05) is 0 Å². The lowest BCUT2D eigenvalue weighted by molar-refractivity contribution is -0.104. The molecular formula is C11H18O. The molecule has 12 heavy (non-hydrogen) atoms. The molecule has 0 rings (SSSR count). The zero-order chi connectivity index (χ0) is 9.07. The minimum Gasteiger partial charge on any atom is -0.299 e. The fraction of sp³-hybridized carbons (Fsp3) is 0.545. The predicted octanol–water partition coefficient (Wildman–Crippen LogP) is 3.27. The quantitative estimate of drug-likeness (QED) is 0.245. The van der Waals surface area contributed by atoms with Crippen LogP contribution in [-0.2, 0) is 4.79 Å². The first kappa shape index (κ1) is 11.2. The first-order chi connectivity index (χ1) is 5.91. The Labute approximate surface area is 75.2 Å². The molecule has 0 aromatic carbocycles. The number of hydrogen-bond acceptors (Lipinski definition) is 1. The standard InChI is InChI=1S/C11H18O/c1-2-3-4-5-6-7-8-9-10-11-12/h3-4,9-11H,2,5-8H2,1H3/b4-3-,10-9+. The van der Waals surface area contributed by atoms with Gasteiger partial charge in [0.25, 0.3) is 0 Å². The largest absolute Gasteiger partial charge is 0.299 e.